The average molecular weight is 268 g/mol. The second-order valence-electron chi connectivity index (χ2n) is 4.75. The van der Waals surface area contributed by atoms with Crippen LogP contribution in [0.15, 0.2) is 18.2 Å². The zero-order chi connectivity index (χ0) is 14.3. The van der Waals surface area contributed by atoms with Crippen LogP contribution in [0.2, 0.25) is 0 Å². The van der Waals surface area contributed by atoms with E-state index in [0.29, 0.717) is 0 Å². The minimum Gasteiger partial charge on any atom is -0.385 e. The molecule has 1 atom stereocenters. The van der Waals surface area contributed by atoms with Crippen molar-refractivity contribution in [2.75, 3.05) is 38.8 Å². The molecule has 0 amide bonds. The van der Waals surface area contributed by atoms with Gasteiger partial charge < -0.3 is 15.0 Å². The molecular formula is C15H25FN2O. The highest BCUT2D eigenvalue weighted by molar-refractivity contribution is 5.54. The van der Waals surface area contributed by atoms with Crippen LogP contribution in [0.3, 0.4) is 0 Å². The van der Waals surface area contributed by atoms with E-state index in [0.717, 1.165) is 37.4 Å². The number of benzene rings is 1. The predicted molar refractivity (Wildman–Crippen MR) is 78.3 cm³/mol. The van der Waals surface area contributed by atoms with Gasteiger partial charge in [0.2, 0.25) is 0 Å². The lowest BCUT2D eigenvalue weighted by Crippen LogP contribution is -2.25. The molecule has 0 aliphatic carbocycles. The van der Waals surface area contributed by atoms with Gasteiger partial charge in [0.25, 0.3) is 0 Å². The standard InChI is InChI=1S/C15H25FN2O/c1-5-17-12(2)14-11-13(16)7-8-15(14)18(3)9-6-10-19-4/h7-8,11-12,17H,5-6,9-10H2,1-4H3. The minimum absolute atomic E-state index is 0.139. The van der Waals surface area contributed by atoms with Crippen molar-refractivity contribution in [3.8, 4) is 0 Å². The Bertz CT molecular complexity index is 384. The van der Waals surface area contributed by atoms with Crippen molar-refractivity contribution >= 4 is 5.69 Å². The van der Waals surface area contributed by atoms with Gasteiger partial charge in [-0.3, -0.25) is 0 Å². The Morgan fingerprint density at radius 1 is 1.42 bits per heavy atom. The van der Waals surface area contributed by atoms with Gasteiger partial charge in [0, 0.05) is 39.0 Å². The first-order valence-electron chi connectivity index (χ1n) is 6.83. The van der Waals surface area contributed by atoms with Crippen molar-refractivity contribution in [1.82, 2.24) is 5.32 Å². The molecule has 4 heteroatoms. The van der Waals surface area contributed by atoms with Gasteiger partial charge >= 0.3 is 0 Å². The molecule has 1 rings (SSSR count). The van der Waals surface area contributed by atoms with E-state index >= 15 is 0 Å². The zero-order valence-corrected chi connectivity index (χ0v) is 12.4. The average Bonchev–Trinajstić information content (AvgIpc) is 2.39. The molecule has 1 N–H and O–H groups in total. The number of nitrogens with one attached hydrogen (secondary N) is 1. The Morgan fingerprint density at radius 3 is 2.79 bits per heavy atom. The number of halogens is 1. The number of hydrogen-bond donors (Lipinski definition) is 1. The Balaban J connectivity index is 2.86. The molecule has 1 unspecified atom stereocenters. The van der Waals surface area contributed by atoms with Crippen LogP contribution in [0, 0.1) is 5.82 Å². The minimum atomic E-state index is -0.186. The third-order valence-corrected chi connectivity index (χ3v) is 3.22. The highest BCUT2D eigenvalue weighted by Gasteiger charge is 2.13. The van der Waals surface area contributed by atoms with Gasteiger partial charge in [0.1, 0.15) is 5.82 Å². The number of methoxy groups -OCH3 is 1. The SMILES string of the molecule is CCNC(C)c1cc(F)ccc1N(C)CCCOC. The maximum absolute atomic E-state index is 13.5. The monoisotopic (exact) mass is 268 g/mol. The van der Waals surface area contributed by atoms with Crippen LogP contribution < -0.4 is 10.2 Å². The van der Waals surface area contributed by atoms with Gasteiger partial charge in [-0.05, 0) is 43.7 Å². The van der Waals surface area contributed by atoms with E-state index in [2.05, 4.69) is 24.1 Å². The molecule has 0 bridgehead atoms. The smallest absolute Gasteiger partial charge is 0.123 e. The lowest BCUT2D eigenvalue weighted by Gasteiger charge is -2.25. The van der Waals surface area contributed by atoms with E-state index < -0.39 is 0 Å². The Kier molecular flexibility index (Phi) is 6.81. The largest absolute Gasteiger partial charge is 0.385 e. The van der Waals surface area contributed by atoms with Gasteiger partial charge in [-0.1, -0.05) is 6.92 Å². The predicted octanol–water partition coefficient (Wildman–Crippen LogP) is 2.97. The fraction of sp³-hybridized carbons (Fsp3) is 0.600. The summed E-state index contributed by atoms with van der Waals surface area (Å²) in [6.07, 6.45) is 0.958. The highest BCUT2D eigenvalue weighted by atomic mass is 19.1. The number of nitrogens with zero attached hydrogens (tertiary/aromatic N) is 1. The molecule has 0 fully saturated rings. The zero-order valence-electron chi connectivity index (χ0n) is 12.4. The van der Waals surface area contributed by atoms with Crippen molar-refractivity contribution in [3.05, 3.63) is 29.6 Å². The van der Waals surface area contributed by atoms with E-state index in [1.807, 2.05) is 13.1 Å². The molecule has 0 saturated heterocycles. The fourth-order valence-corrected chi connectivity index (χ4v) is 2.20. The molecule has 1 aromatic rings. The first kappa shape index (κ1) is 15.9. The third-order valence-electron chi connectivity index (χ3n) is 3.22. The number of hydrogen-bond acceptors (Lipinski definition) is 3. The van der Waals surface area contributed by atoms with Crippen LogP contribution in [0.25, 0.3) is 0 Å². The van der Waals surface area contributed by atoms with E-state index in [1.165, 1.54) is 6.07 Å². The molecule has 0 aliphatic heterocycles. The topological polar surface area (TPSA) is 24.5 Å². The summed E-state index contributed by atoms with van der Waals surface area (Å²) in [5.41, 5.74) is 2.08. The van der Waals surface area contributed by atoms with Crippen LogP contribution in [-0.4, -0.2) is 33.9 Å². The Labute approximate surface area is 115 Å². The first-order chi connectivity index (χ1) is 9.10. The van der Waals surface area contributed by atoms with Gasteiger partial charge in [-0.25, -0.2) is 4.39 Å². The molecule has 0 aromatic heterocycles. The summed E-state index contributed by atoms with van der Waals surface area (Å²) in [4.78, 5) is 2.15. The Morgan fingerprint density at radius 2 is 2.16 bits per heavy atom. The molecular weight excluding hydrogens is 243 g/mol. The van der Waals surface area contributed by atoms with Gasteiger partial charge in [-0.2, -0.15) is 0 Å². The van der Waals surface area contributed by atoms with Crippen molar-refractivity contribution in [2.24, 2.45) is 0 Å². The summed E-state index contributed by atoms with van der Waals surface area (Å²) in [6, 6.07) is 5.13. The van der Waals surface area contributed by atoms with Crippen molar-refractivity contribution in [2.45, 2.75) is 26.3 Å². The first-order valence-corrected chi connectivity index (χ1v) is 6.83. The summed E-state index contributed by atoms with van der Waals surface area (Å²) in [6.45, 7) is 6.61. The summed E-state index contributed by atoms with van der Waals surface area (Å²) < 4.78 is 18.5. The number of anilines is 1. The normalized spacial score (nSPS) is 12.5. The third kappa shape index (κ3) is 4.80. The van der Waals surface area contributed by atoms with Gasteiger partial charge in [0.15, 0.2) is 0 Å². The maximum atomic E-state index is 13.5. The molecule has 19 heavy (non-hydrogen) atoms. The van der Waals surface area contributed by atoms with Gasteiger partial charge in [0.05, 0.1) is 0 Å². The molecule has 3 nitrogen and oxygen atoms in total. The second-order valence-corrected chi connectivity index (χ2v) is 4.75. The number of rotatable bonds is 8. The molecule has 0 aliphatic rings. The fourth-order valence-electron chi connectivity index (χ4n) is 2.20. The molecule has 0 spiro atoms. The van der Waals surface area contributed by atoms with E-state index in [-0.39, 0.29) is 11.9 Å². The Hall–Kier alpha value is -1.13. The van der Waals surface area contributed by atoms with Crippen molar-refractivity contribution in [1.29, 1.82) is 0 Å². The lowest BCUT2D eigenvalue weighted by atomic mass is 10.0. The lowest BCUT2D eigenvalue weighted by molar-refractivity contribution is 0.196. The molecule has 0 heterocycles. The van der Waals surface area contributed by atoms with Gasteiger partial charge in [-0.15, -0.1) is 0 Å². The molecule has 0 saturated carbocycles. The summed E-state index contributed by atoms with van der Waals surface area (Å²) in [5, 5.41) is 3.33. The summed E-state index contributed by atoms with van der Waals surface area (Å²) >= 11 is 0. The quantitative estimate of drug-likeness (QED) is 0.734. The maximum Gasteiger partial charge on any atom is 0.123 e. The molecule has 0 radical (unpaired) electrons. The van der Waals surface area contributed by atoms with Crippen molar-refractivity contribution in [3.63, 3.8) is 0 Å². The van der Waals surface area contributed by atoms with Crippen LogP contribution in [0.1, 0.15) is 31.9 Å². The summed E-state index contributed by atoms with van der Waals surface area (Å²) in [7, 11) is 3.74. The molecule has 108 valence electrons. The van der Waals surface area contributed by atoms with E-state index in [9.17, 15) is 4.39 Å². The van der Waals surface area contributed by atoms with Crippen LogP contribution in [0.5, 0.6) is 0 Å². The van der Waals surface area contributed by atoms with Crippen molar-refractivity contribution < 1.29 is 9.13 Å². The number of ether oxygens (including phenoxy) is 1. The van der Waals surface area contributed by atoms with Crippen LogP contribution in [0.4, 0.5) is 10.1 Å². The van der Waals surface area contributed by atoms with E-state index in [1.54, 1.807) is 13.2 Å². The highest BCUT2D eigenvalue weighted by Crippen LogP contribution is 2.26. The van der Waals surface area contributed by atoms with Crippen LogP contribution in [-0.2, 0) is 4.74 Å². The summed E-state index contributed by atoms with van der Waals surface area (Å²) in [5.74, 6) is -0.186. The van der Waals surface area contributed by atoms with E-state index in [4.69, 9.17) is 4.74 Å². The molecule has 1 aromatic carbocycles. The van der Waals surface area contributed by atoms with Crippen LogP contribution >= 0.6 is 0 Å². The second kappa shape index (κ2) is 8.12.